The Morgan fingerprint density at radius 2 is 1.67 bits per heavy atom. The summed E-state index contributed by atoms with van der Waals surface area (Å²) in [6.07, 6.45) is -3.44. The molecule has 3 aromatic carbocycles. The van der Waals surface area contributed by atoms with E-state index in [4.69, 9.17) is 9.47 Å². The standard InChI is InChI=1S/C33H41F3N4O7S2/c1-37-48(42,43)30-6-3-5-29(17-30)46-22-28(41)20-39-27-18-32(47-21-27)12-14-40(15-13-32)49(44,45)31-7-2-4-26(16-31)25-10-8-24(9-11-25)19-38-23-33(34,35)36/h2-11,16-17,27-28,37-39,41H,12-15,18-23H2,1H3/t27?,28-/m0/s1. The molecule has 2 aliphatic heterocycles. The quantitative estimate of drug-likeness (QED) is 0.197. The number of ether oxygens (including phenoxy) is 2. The summed E-state index contributed by atoms with van der Waals surface area (Å²) < 4.78 is 104. The summed E-state index contributed by atoms with van der Waals surface area (Å²) in [7, 11) is -6.09. The number of halogens is 3. The Bertz CT molecular complexity index is 1780. The second-order valence-corrected chi connectivity index (χ2v) is 16.1. The van der Waals surface area contributed by atoms with Gasteiger partial charge in [-0.15, -0.1) is 0 Å². The minimum atomic E-state index is -4.29. The van der Waals surface area contributed by atoms with Crippen molar-refractivity contribution in [1.82, 2.24) is 19.7 Å². The first-order chi connectivity index (χ1) is 23.2. The Morgan fingerprint density at radius 1 is 0.980 bits per heavy atom. The average molecular weight is 727 g/mol. The molecule has 2 aliphatic rings. The van der Waals surface area contributed by atoms with Gasteiger partial charge in [0.2, 0.25) is 20.0 Å². The van der Waals surface area contributed by atoms with Crippen molar-refractivity contribution in [3.63, 3.8) is 0 Å². The van der Waals surface area contributed by atoms with Crippen LogP contribution in [0.1, 0.15) is 24.8 Å². The number of nitrogens with one attached hydrogen (secondary N) is 3. The summed E-state index contributed by atoms with van der Waals surface area (Å²) in [5, 5.41) is 16.1. The molecule has 2 saturated heterocycles. The molecule has 0 aromatic heterocycles. The average Bonchev–Trinajstić information content (AvgIpc) is 3.48. The summed E-state index contributed by atoms with van der Waals surface area (Å²) in [4.78, 5) is 0.223. The Labute approximate surface area is 284 Å². The predicted molar refractivity (Wildman–Crippen MR) is 177 cm³/mol. The molecule has 0 bridgehead atoms. The monoisotopic (exact) mass is 726 g/mol. The van der Waals surface area contributed by atoms with E-state index in [9.17, 15) is 35.1 Å². The van der Waals surface area contributed by atoms with E-state index in [1.807, 2.05) is 0 Å². The van der Waals surface area contributed by atoms with Crippen molar-refractivity contribution < 1.29 is 44.6 Å². The number of alkyl halides is 3. The predicted octanol–water partition coefficient (Wildman–Crippen LogP) is 3.26. The number of hydrogen-bond acceptors (Lipinski definition) is 9. The third-order valence-electron chi connectivity index (χ3n) is 8.73. The van der Waals surface area contributed by atoms with Gasteiger partial charge in [0.1, 0.15) is 18.5 Å². The summed E-state index contributed by atoms with van der Waals surface area (Å²) in [6.45, 7) is 0.166. The fourth-order valence-electron chi connectivity index (χ4n) is 6.01. The summed E-state index contributed by atoms with van der Waals surface area (Å²) >= 11 is 0. The second kappa shape index (κ2) is 15.4. The molecule has 11 nitrogen and oxygen atoms in total. The van der Waals surface area contributed by atoms with Gasteiger partial charge in [0, 0.05) is 38.3 Å². The Morgan fingerprint density at radius 3 is 2.37 bits per heavy atom. The molecule has 2 fully saturated rings. The van der Waals surface area contributed by atoms with Crippen LogP contribution in [0, 0.1) is 0 Å². The first-order valence-electron chi connectivity index (χ1n) is 15.9. The van der Waals surface area contributed by atoms with Crippen LogP contribution in [0.4, 0.5) is 13.2 Å². The number of sulfonamides is 2. The Balaban J connectivity index is 1.09. The lowest BCUT2D eigenvalue weighted by molar-refractivity contribution is -0.125. The van der Waals surface area contributed by atoms with Crippen molar-refractivity contribution in [2.24, 2.45) is 0 Å². The lowest BCUT2D eigenvalue weighted by atomic mass is 9.88. The first-order valence-corrected chi connectivity index (χ1v) is 18.8. The maximum Gasteiger partial charge on any atom is 0.401 e. The van der Waals surface area contributed by atoms with Gasteiger partial charge in [-0.3, -0.25) is 0 Å². The first kappa shape index (κ1) is 37.2. The molecule has 2 atom stereocenters. The molecule has 3 aromatic rings. The summed E-state index contributed by atoms with van der Waals surface area (Å²) in [5.41, 5.74) is 1.64. The van der Waals surface area contributed by atoms with E-state index in [1.165, 1.54) is 23.5 Å². The molecular weight excluding hydrogens is 686 g/mol. The van der Waals surface area contributed by atoms with Crippen LogP contribution in [-0.2, 0) is 31.3 Å². The molecule has 268 valence electrons. The fraction of sp³-hybridized carbons (Fsp3) is 0.455. The number of hydrogen-bond donors (Lipinski definition) is 4. The van der Waals surface area contributed by atoms with Crippen molar-refractivity contribution in [2.45, 2.75) is 59.5 Å². The van der Waals surface area contributed by atoms with Crippen LogP contribution in [0.15, 0.2) is 82.6 Å². The highest BCUT2D eigenvalue weighted by Gasteiger charge is 2.44. The number of piperidine rings is 1. The number of nitrogens with zero attached hydrogens (tertiary/aromatic N) is 1. The van der Waals surface area contributed by atoms with Crippen molar-refractivity contribution in [3.05, 3.63) is 78.4 Å². The molecule has 1 spiro atoms. The number of aliphatic hydroxyl groups excluding tert-OH is 1. The van der Waals surface area contributed by atoms with E-state index in [2.05, 4.69) is 15.4 Å². The van der Waals surface area contributed by atoms with Gasteiger partial charge in [-0.1, -0.05) is 42.5 Å². The minimum absolute atomic E-state index is 0.0367. The van der Waals surface area contributed by atoms with Gasteiger partial charge in [0.05, 0.1) is 28.5 Å². The maximum atomic E-state index is 13.6. The van der Waals surface area contributed by atoms with Crippen molar-refractivity contribution >= 4 is 20.0 Å². The van der Waals surface area contributed by atoms with Crippen LogP contribution in [0.25, 0.3) is 11.1 Å². The molecule has 0 amide bonds. The van der Waals surface area contributed by atoms with Gasteiger partial charge in [-0.25, -0.2) is 21.6 Å². The summed E-state index contributed by atoms with van der Waals surface area (Å²) in [5.74, 6) is 0.319. The molecule has 1 unspecified atom stereocenters. The zero-order valence-corrected chi connectivity index (χ0v) is 28.6. The highest BCUT2D eigenvalue weighted by Crippen LogP contribution is 2.38. The molecule has 49 heavy (non-hydrogen) atoms. The second-order valence-electron chi connectivity index (χ2n) is 12.3. The van der Waals surface area contributed by atoms with Gasteiger partial charge < -0.3 is 25.2 Å². The van der Waals surface area contributed by atoms with Crippen LogP contribution in [-0.4, -0.2) is 96.6 Å². The maximum absolute atomic E-state index is 13.6. The molecule has 4 N–H and O–H groups in total. The summed E-state index contributed by atoms with van der Waals surface area (Å²) in [6, 6.07) is 19.5. The SMILES string of the molecule is CNS(=O)(=O)c1cccc(OC[C@@H](O)CNC2COC3(CCN(S(=O)(=O)c4cccc(-c5ccc(CNCC(F)(F)F)cc5)c4)CC3)C2)c1. The van der Waals surface area contributed by atoms with Gasteiger partial charge in [-0.2, -0.15) is 17.5 Å². The fourth-order valence-corrected chi connectivity index (χ4v) is 8.26. The minimum Gasteiger partial charge on any atom is -0.491 e. The van der Waals surface area contributed by atoms with Crippen molar-refractivity contribution in [1.29, 1.82) is 0 Å². The Hall–Kier alpha value is -3.09. The van der Waals surface area contributed by atoms with E-state index < -0.39 is 44.5 Å². The van der Waals surface area contributed by atoms with Crippen LogP contribution >= 0.6 is 0 Å². The van der Waals surface area contributed by atoms with Gasteiger partial charge in [0.25, 0.3) is 0 Å². The number of aliphatic hydroxyl groups is 1. The lowest BCUT2D eigenvalue weighted by Crippen LogP contribution is -2.47. The third-order valence-corrected chi connectivity index (χ3v) is 12.0. The number of rotatable bonds is 14. The highest BCUT2D eigenvalue weighted by molar-refractivity contribution is 7.89. The van der Waals surface area contributed by atoms with Gasteiger partial charge in [0.15, 0.2) is 0 Å². The molecule has 5 rings (SSSR count). The van der Waals surface area contributed by atoms with E-state index >= 15 is 0 Å². The van der Waals surface area contributed by atoms with Crippen LogP contribution in [0.3, 0.4) is 0 Å². The largest absolute Gasteiger partial charge is 0.491 e. The van der Waals surface area contributed by atoms with Crippen LogP contribution < -0.4 is 20.1 Å². The number of benzene rings is 3. The van der Waals surface area contributed by atoms with Crippen LogP contribution in [0.2, 0.25) is 0 Å². The molecule has 2 heterocycles. The lowest BCUT2D eigenvalue weighted by Gasteiger charge is -2.38. The third kappa shape index (κ3) is 9.79. The molecule has 0 radical (unpaired) electrons. The molecule has 0 aliphatic carbocycles. The topological polar surface area (TPSA) is 146 Å². The van der Waals surface area contributed by atoms with E-state index in [0.29, 0.717) is 42.7 Å². The smallest absolute Gasteiger partial charge is 0.401 e. The van der Waals surface area contributed by atoms with E-state index in [-0.39, 0.29) is 48.6 Å². The van der Waals surface area contributed by atoms with E-state index in [0.717, 1.165) is 5.56 Å². The molecular formula is C33H41F3N4O7S2. The zero-order chi connectivity index (χ0) is 35.3. The van der Waals surface area contributed by atoms with Gasteiger partial charge >= 0.3 is 6.18 Å². The normalized spacial score (nSPS) is 19.2. The zero-order valence-electron chi connectivity index (χ0n) is 26.9. The van der Waals surface area contributed by atoms with E-state index in [1.54, 1.807) is 60.7 Å². The van der Waals surface area contributed by atoms with Gasteiger partial charge in [-0.05, 0) is 67.3 Å². The molecule has 16 heteroatoms. The van der Waals surface area contributed by atoms with Crippen molar-refractivity contribution in [2.75, 3.05) is 46.4 Å². The highest BCUT2D eigenvalue weighted by atomic mass is 32.2. The Kier molecular flexibility index (Phi) is 11.7. The molecule has 0 saturated carbocycles. The van der Waals surface area contributed by atoms with Crippen LogP contribution in [0.5, 0.6) is 5.75 Å². The van der Waals surface area contributed by atoms with Crippen molar-refractivity contribution in [3.8, 4) is 16.9 Å².